The van der Waals surface area contributed by atoms with Gasteiger partial charge in [0.1, 0.15) is 11.5 Å². The first-order valence-electron chi connectivity index (χ1n) is 7.63. The number of ether oxygens (including phenoxy) is 1. The van der Waals surface area contributed by atoms with Gasteiger partial charge in [-0.05, 0) is 59.3 Å². The average Bonchev–Trinajstić information content (AvgIpc) is 2.58. The zero-order chi connectivity index (χ0) is 18.9. The lowest BCUT2D eigenvalue weighted by atomic mass is 10.1. The van der Waals surface area contributed by atoms with E-state index in [2.05, 4.69) is 15.9 Å². The highest BCUT2D eigenvalue weighted by molar-refractivity contribution is 9.10. The standard InChI is InChI=1S/C19H15BrO5S/c1-12-11-16(21)19(25-17-6-4-3-5-15(17)20)18(24-12)13-7-9-14(10-8-13)26(2,22)23/h3-11H,1-2H3. The number of hydrogen-bond donors (Lipinski definition) is 0. The minimum absolute atomic E-state index is 0.0367. The van der Waals surface area contributed by atoms with Crippen molar-refractivity contribution in [1.29, 1.82) is 0 Å². The van der Waals surface area contributed by atoms with E-state index in [1.807, 2.05) is 6.07 Å². The summed E-state index contributed by atoms with van der Waals surface area (Å²) in [6, 6.07) is 14.6. The van der Waals surface area contributed by atoms with Crippen molar-refractivity contribution < 1.29 is 17.6 Å². The number of para-hydroxylation sites is 1. The molecule has 0 aliphatic carbocycles. The summed E-state index contributed by atoms with van der Waals surface area (Å²) in [5.74, 6) is 1.18. The Hall–Kier alpha value is -2.38. The Bertz CT molecular complexity index is 1120. The van der Waals surface area contributed by atoms with Gasteiger partial charge in [-0.2, -0.15) is 0 Å². The van der Waals surface area contributed by atoms with Crippen molar-refractivity contribution in [2.24, 2.45) is 0 Å². The summed E-state index contributed by atoms with van der Waals surface area (Å²) in [5.41, 5.74) is 0.215. The summed E-state index contributed by atoms with van der Waals surface area (Å²) in [4.78, 5) is 12.7. The number of benzene rings is 2. The molecule has 134 valence electrons. The Balaban J connectivity index is 2.12. The maximum Gasteiger partial charge on any atom is 0.228 e. The van der Waals surface area contributed by atoms with E-state index in [9.17, 15) is 13.2 Å². The van der Waals surface area contributed by atoms with Gasteiger partial charge in [-0.15, -0.1) is 0 Å². The van der Waals surface area contributed by atoms with Crippen LogP contribution < -0.4 is 10.2 Å². The van der Waals surface area contributed by atoms with E-state index in [0.717, 1.165) is 6.26 Å². The van der Waals surface area contributed by atoms with Gasteiger partial charge in [0.15, 0.2) is 15.6 Å². The first-order chi connectivity index (χ1) is 12.3. The van der Waals surface area contributed by atoms with E-state index in [0.29, 0.717) is 21.5 Å². The number of hydrogen-bond acceptors (Lipinski definition) is 5. The minimum Gasteiger partial charge on any atom is -0.457 e. The molecule has 0 amide bonds. The molecule has 3 rings (SSSR count). The molecular formula is C19H15BrO5S. The molecule has 5 nitrogen and oxygen atoms in total. The lowest BCUT2D eigenvalue weighted by molar-refractivity contribution is 0.436. The highest BCUT2D eigenvalue weighted by atomic mass is 79.9. The van der Waals surface area contributed by atoms with E-state index in [1.54, 1.807) is 37.3 Å². The maximum atomic E-state index is 12.5. The summed E-state index contributed by atoms with van der Waals surface area (Å²) < 4.78 is 35.5. The summed E-state index contributed by atoms with van der Waals surface area (Å²) >= 11 is 3.38. The van der Waals surface area contributed by atoms with Crippen molar-refractivity contribution in [3.63, 3.8) is 0 Å². The smallest absolute Gasteiger partial charge is 0.228 e. The van der Waals surface area contributed by atoms with E-state index in [1.165, 1.54) is 18.2 Å². The molecule has 2 aromatic carbocycles. The lowest BCUT2D eigenvalue weighted by Crippen LogP contribution is -2.06. The number of rotatable bonds is 4. The Morgan fingerprint density at radius 1 is 1.04 bits per heavy atom. The molecule has 0 aliphatic heterocycles. The van der Waals surface area contributed by atoms with Crippen LogP contribution in [0.3, 0.4) is 0 Å². The van der Waals surface area contributed by atoms with Crippen LogP contribution in [0, 0.1) is 6.92 Å². The van der Waals surface area contributed by atoms with Crippen molar-refractivity contribution in [2.75, 3.05) is 6.26 Å². The molecule has 0 fully saturated rings. The SMILES string of the molecule is Cc1cc(=O)c(Oc2ccccc2Br)c(-c2ccc(S(C)(=O)=O)cc2)o1. The van der Waals surface area contributed by atoms with Crippen LogP contribution >= 0.6 is 15.9 Å². The first-order valence-corrected chi connectivity index (χ1v) is 10.3. The second kappa shape index (κ2) is 7.09. The third-order valence-corrected chi connectivity index (χ3v) is 5.40. The van der Waals surface area contributed by atoms with Gasteiger partial charge < -0.3 is 9.15 Å². The van der Waals surface area contributed by atoms with Crippen LogP contribution in [0.1, 0.15) is 5.76 Å². The summed E-state index contributed by atoms with van der Waals surface area (Å²) in [5, 5.41) is 0. The van der Waals surface area contributed by atoms with Gasteiger partial charge in [0, 0.05) is 17.9 Å². The highest BCUT2D eigenvalue weighted by Crippen LogP contribution is 2.34. The van der Waals surface area contributed by atoms with Gasteiger partial charge in [0.2, 0.25) is 11.2 Å². The monoisotopic (exact) mass is 434 g/mol. The highest BCUT2D eigenvalue weighted by Gasteiger charge is 2.17. The second-order valence-electron chi connectivity index (χ2n) is 5.71. The Kier molecular flexibility index (Phi) is 5.02. The molecule has 0 spiro atoms. The fourth-order valence-electron chi connectivity index (χ4n) is 2.38. The molecule has 0 atom stereocenters. The third-order valence-electron chi connectivity index (χ3n) is 3.62. The van der Waals surface area contributed by atoms with E-state index < -0.39 is 9.84 Å². The fraction of sp³-hybridized carbons (Fsp3) is 0.105. The van der Waals surface area contributed by atoms with Gasteiger partial charge in [-0.25, -0.2) is 8.42 Å². The maximum absolute atomic E-state index is 12.5. The zero-order valence-corrected chi connectivity index (χ0v) is 16.4. The molecular weight excluding hydrogens is 420 g/mol. The molecule has 0 unspecified atom stereocenters. The molecule has 26 heavy (non-hydrogen) atoms. The third kappa shape index (κ3) is 3.89. The largest absolute Gasteiger partial charge is 0.457 e. The Labute approximate surface area is 159 Å². The minimum atomic E-state index is -3.31. The van der Waals surface area contributed by atoms with Crippen LogP contribution in [0.2, 0.25) is 0 Å². The number of aryl methyl sites for hydroxylation is 1. The van der Waals surface area contributed by atoms with E-state index in [-0.39, 0.29) is 21.8 Å². The predicted octanol–water partition coefficient (Wildman–Crippen LogP) is 4.57. The van der Waals surface area contributed by atoms with Crippen LogP contribution in [-0.2, 0) is 9.84 Å². The summed E-state index contributed by atoms with van der Waals surface area (Å²) in [7, 11) is -3.31. The molecule has 7 heteroatoms. The number of sulfone groups is 1. The van der Waals surface area contributed by atoms with Crippen LogP contribution in [-0.4, -0.2) is 14.7 Å². The van der Waals surface area contributed by atoms with Crippen molar-refractivity contribution in [2.45, 2.75) is 11.8 Å². The molecule has 0 N–H and O–H groups in total. The summed E-state index contributed by atoms with van der Waals surface area (Å²) in [6.45, 7) is 1.66. The van der Waals surface area contributed by atoms with Gasteiger partial charge in [-0.1, -0.05) is 12.1 Å². The molecule has 0 aliphatic rings. The van der Waals surface area contributed by atoms with Crippen molar-refractivity contribution >= 4 is 25.8 Å². The van der Waals surface area contributed by atoms with Crippen LogP contribution in [0.25, 0.3) is 11.3 Å². The molecule has 0 radical (unpaired) electrons. The van der Waals surface area contributed by atoms with Gasteiger partial charge in [0.25, 0.3) is 0 Å². The topological polar surface area (TPSA) is 73.6 Å². The van der Waals surface area contributed by atoms with Crippen LogP contribution in [0.4, 0.5) is 0 Å². The number of halogens is 1. The Morgan fingerprint density at radius 2 is 1.69 bits per heavy atom. The van der Waals surface area contributed by atoms with Gasteiger partial charge in [0.05, 0.1) is 9.37 Å². The van der Waals surface area contributed by atoms with Crippen LogP contribution in [0.5, 0.6) is 11.5 Å². The van der Waals surface area contributed by atoms with Crippen molar-refractivity contribution in [1.82, 2.24) is 0 Å². The molecule has 3 aromatic rings. The molecule has 1 heterocycles. The van der Waals surface area contributed by atoms with Crippen LogP contribution in [0.15, 0.2) is 73.2 Å². The molecule has 0 saturated heterocycles. The molecule has 0 bridgehead atoms. The second-order valence-corrected chi connectivity index (χ2v) is 8.58. The average molecular weight is 435 g/mol. The quantitative estimate of drug-likeness (QED) is 0.600. The summed E-state index contributed by atoms with van der Waals surface area (Å²) in [6.07, 6.45) is 1.14. The van der Waals surface area contributed by atoms with Crippen molar-refractivity contribution in [3.8, 4) is 22.8 Å². The predicted molar refractivity (Wildman–Crippen MR) is 102 cm³/mol. The van der Waals surface area contributed by atoms with Gasteiger partial charge >= 0.3 is 0 Å². The normalized spacial score (nSPS) is 11.3. The lowest BCUT2D eigenvalue weighted by Gasteiger charge is -2.12. The van der Waals surface area contributed by atoms with E-state index >= 15 is 0 Å². The first kappa shape index (κ1) is 18.4. The zero-order valence-electron chi connectivity index (χ0n) is 14.0. The fourth-order valence-corrected chi connectivity index (χ4v) is 3.37. The van der Waals surface area contributed by atoms with Crippen molar-refractivity contribution in [3.05, 3.63) is 75.1 Å². The van der Waals surface area contributed by atoms with E-state index in [4.69, 9.17) is 9.15 Å². The molecule has 0 saturated carbocycles. The Morgan fingerprint density at radius 3 is 2.31 bits per heavy atom. The molecule has 1 aromatic heterocycles. The van der Waals surface area contributed by atoms with Gasteiger partial charge in [-0.3, -0.25) is 4.79 Å².